The lowest BCUT2D eigenvalue weighted by Crippen LogP contribution is -2.16. The van der Waals surface area contributed by atoms with Crippen molar-refractivity contribution in [3.63, 3.8) is 0 Å². The number of nitrogens with zero attached hydrogens (tertiary/aromatic N) is 1. The van der Waals surface area contributed by atoms with Crippen LogP contribution < -0.4 is 11.1 Å². The fraction of sp³-hybridized carbons (Fsp3) is 0.286. The largest absolute Gasteiger partial charge is 0.397 e. The Morgan fingerprint density at radius 3 is 3.00 bits per heavy atom. The van der Waals surface area contributed by atoms with Gasteiger partial charge in [-0.1, -0.05) is 0 Å². The van der Waals surface area contributed by atoms with Crippen LogP contribution in [0.15, 0.2) is 18.5 Å². The fourth-order valence-corrected chi connectivity index (χ4v) is 0.822. The summed E-state index contributed by atoms with van der Waals surface area (Å²) in [6, 6.07) is 1.68. The third-order valence-corrected chi connectivity index (χ3v) is 1.46. The number of aliphatic hydroxyl groups is 1. The summed E-state index contributed by atoms with van der Waals surface area (Å²) in [6.45, 7) is 0. The van der Waals surface area contributed by atoms with Crippen molar-refractivity contribution in [2.45, 2.75) is 6.23 Å². The number of nitrogens with one attached hydrogen (secondary N) is 1. The monoisotopic (exact) mass is 153 g/mol. The highest BCUT2D eigenvalue weighted by Crippen LogP contribution is 2.15. The van der Waals surface area contributed by atoms with Crippen molar-refractivity contribution in [3.8, 4) is 0 Å². The molecule has 1 heterocycles. The minimum absolute atomic E-state index is 0.495. The van der Waals surface area contributed by atoms with E-state index in [4.69, 9.17) is 5.73 Å². The van der Waals surface area contributed by atoms with E-state index in [9.17, 15) is 5.11 Å². The van der Waals surface area contributed by atoms with Crippen molar-refractivity contribution in [1.82, 2.24) is 10.3 Å². The summed E-state index contributed by atoms with van der Waals surface area (Å²) in [5.41, 5.74) is 6.68. The Balaban J connectivity index is 2.93. The number of hydrogen-bond donors (Lipinski definition) is 3. The number of nitrogen functional groups attached to an aromatic ring is 1. The van der Waals surface area contributed by atoms with Crippen molar-refractivity contribution in [2.24, 2.45) is 0 Å². The Kier molecular flexibility index (Phi) is 2.40. The number of nitrogens with two attached hydrogens (primary N) is 1. The highest BCUT2D eigenvalue weighted by molar-refractivity contribution is 5.44. The van der Waals surface area contributed by atoms with Crippen LogP contribution in [0.2, 0.25) is 0 Å². The number of rotatable bonds is 2. The second-order valence-electron chi connectivity index (χ2n) is 2.20. The van der Waals surface area contributed by atoms with Crippen LogP contribution >= 0.6 is 0 Å². The summed E-state index contributed by atoms with van der Waals surface area (Å²) in [6.07, 6.45) is 2.39. The van der Waals surface area contributed by atoms with Gasteiger partial charge in [-0.05, 0) is 13.1 Å². The molecule has 0 aliphatic heterocycles. The number of pyridine rings is 1. The van der Waals surface area contributed by atoms with Crippen molar-refractivity contribution < 1.29 is 5.11 Å². The third kappa shape index (κ3) is 1.66. The van der Waals surface area contributed by atoms with Crippen molar-refractivity contribution in [1.29, 1.82) is 0 Å². The standard InChI is InChI=1S/C7H11N3O/c1-9-7(11)5-2-3-10-4-6(5)8/h2-4,7,9,11H,8H2,1H3. The Hall–Kier alpha value is -1.13. The molecule has 0 aliphatic rings. The molecule has 0 saturated carbocycles. The summed E-state index contributed by atoms with van der Waals surface area (Å²) in [5.74, 6) is 0. The van der Waals surface area contributed by atoms with Gasteiger partial charge >= 0.3 is 0 Å². The van der Waals surface area contributed by atoms with Crippen molar-refractivity contribution >= 4 is 5.69 Å². The highest BCUT2D eigenvalue weighted by Gasteiger charge is 2.06. The van der Waals surface area contributed by atoms with Crippen LogP contribution in [0.25, 0.3) is 0 Å². The van der Waals surface area contributed by atoms with Crippen LogP contribution in [0.5, 0.6) is 0 Å². The summed E-state index contributed by atoms with van der Waals surface area (Å²) in [7, 11) is 1.66. The van der Waals surface area contributed by atoms with Gasteiger partial charge in [0, 0.05) is 11.8 Å². The molecule has 11 heavy (non-hydrogen) atoms. The Bertz CT molecular complexity index is 239. The summed E-state index contributed by atoms with van der Waals surface area (Å²) in [4.78, 5) is 3.80. The first-order valence-electron chi connectivity index (χ1n) is 3.30. The van der Waals surface area contributed by atoms with E-state index in [0.717, 1.165) is 0 Å². The van der Waals surface area contributed by atoms with E-state index >= 15 is 0 Å². The lowest BCUT2D eigenvalue weighted by atomic mass is 10.2. The molecule has 1 aromatic heterocycles. The molecule has 1 atom stereocenters. The maximum atomic E-state index is 9.29. The quantitative estimate of drug-likeness (QED) is 0.518. The van der Waals surface area contributed by atoms with Gasteiger partial charge in [-0.3, -0.25) is 10.3 Å². The number of aromatic nitrogens is 1. The smallest absolute Gasteiger partial charge is 0.132 e. The van der Waals surface area contributed by atoms with Crippen LogP contribution in [-0.2, 0) is 0 Å². The van der Waals surface area contributed by atoms with Gasteiger partial charge in [-0.2, -0.15) is 0 Å². The highest BCUT2D eigenvalue weighted by atomic mass is 16.3. The van der Waals surface area contributed by atoms with E-state index in [1.165, 1.54) is 6.20 Å². The molecule has 0 fully saturated rings. The van der Waals surface area contributed by atoms with E-state index in [-0.39, 0.29) is 0 Å². The molecule has 0 saturated heterocycles. The second kappa shape index (κ2) is 3.32. The third-order valence-electron chi connectivity index (χ3n) is 1.46. The van der Waals surface area contributed by atoms with E-state index in [2.05, 4.69) is 10.3 Å². The van der Waals surface area contributed by atoms with Crippen molar-refractivity contribution in [2.75, 3.05) is 12.8 Å². The first-order valence-corrected chi connectivity index (χ1v) is 3.30. The van der Waals surface area contributed by atoms with Crippen LogP contribution in [0.4, 0.5) is 5.69 Å². The van der Waals surface area contributed by atoms with Crippen LogP contribution in [0.3, 0.4) is 0 Å². The van der Waals surface area contributed by atoms with E-state index < -0.39 is 6.23 Å². The minimum Gasteiger partial charge on any atom is -0.397 e. The molecular weight excluding hydrogens is 142 g/mol. The molecule has 0 bridgehead atoms. The van der Waals surface area contributed by atoms with Gasteiger partial charge in [-0.25, -0.2) is 0 Å². The average molecular weight is 153 g/mol. The van der Waals surface area contributed by atoms with Gasteiger partial charge in [0.1, 0.15) is 6.23 Å². The normalized spacial score (nSPS) is 12.9. The summed E-state index contributed by atoms with van der Waals surface area (Å²) in [5, 5.41) is 12.0. The number of aliphatic hydroxyl groups excluding tert-OH is 1. The van der Waals surface area contributed by atoms with E-state index in [1.807, 2.05) is 0 Å². The summed E-state index contributed by atoms with van der Waals surface area (Å²) >= 11 is 0. The topological polar surface area (TPSA) is 71.2 Å². The molecule has 60 valence electrons. The molecule has 0 aromatic carbocycles. The molecule has 4 N–H and O–H groups in total. The van der Waals surface area contributed by atoms with Crippen molar-refractivity contribution in [3.05, 3.63) is 24.0 Å². The van der Waals surface area contributed by atoms with Crippen LogP contribution in [0.1, 0.15) is 11.8 Å². The Morgan fingerprint density at radius 2 is 2.45 bits per heavy atom. The molecule has 4 nitrogen and oxygen atoms in total. The predicted octanol–water partition coefficient (Wildman–Crippen LogP) is -0.126. The first kappa shape index (κ1) is 7.97. The van der Waals surface area contributed by atoms with E-state index in [1.54, 1.807) is 19.3 Å². The van der Waals surface area contributed by atoms with Crippen LogP contribution in [-0.4, -0.2) is 17.1 Å². The zero-order valence-corrected chi connectivity index (χ0v) is 6.28. The maximum Gasteiger partial charge on any atom is 0.132 e. The lowest BCUT2D eigenvalue weighted by Gasteiger charge is -2.10. The molecule has 1 rings (SSSR count). The zero-order chi connectivity index (χ0) is 8.27. The second-order valence-corrected chi connectivity index (χ2v) is 2.20. The fourth-order valence-electron chi connectivity index (χ4n) is 0.822. The van der Waals surface area contributed by atoms with Gasteiger partial charge in [0.25, 0.3) is 0 Å². The predicted molar refractivity (Wildman–Crippen MR) is 42.7 cm³/mol. The average Bonchev–Trinajstić information content (AvgIpc) is 2.04. The van der Waals surface area contributed by atoms with Gasteiger partial charge in [0.2, 0.25) is 0 Å². The minimum atomic E-state index is -0.710. The Labute approximate surface area is 65.1 Å². The molecule has 0 radical (unpaired) electrons. The zero-order valence-electron chi connectivity index (χ0n) is 6.28. The lowest BCUT2D eigenvalue weighted by molar-refractivity contribution is 0.150. The number of anilines is 1. The maximum absolute atomic E-state index is 9.29. The number of hydrogen-bond acceptors (Lipinski definition) is 4. The van der Waals surface area contributed by atoms with Gasteiger partial charge in [0.15, 0.2) is 0 Å². The molecule has 1 unspecified atom stereocenters. The molecule has 4 heteroatoms. The molecular formula is C7H11N3O. The Morgan fingerprint density at radius 1 is 1.73 bits per heavy atom. The van der Waals surface area contributed by atoms with Gasteiger partial charge in [-0.15, -0.1) is 0 Å². The summed E-state index contributed by atoms with van der Waals surface area (Å²) < 4.78 is 0. The van der Waals surface area contributed by atoms with E-state index in [0.29, 0.717) is 11.3 Å². The first-order chi connectivity index (χ1) is 5.25. The van der Waals surface area contributed by atoms with Crippen LogP contribution in [0, 0.1) is 0 Å². The molecule has 0 spiro atoms. The SMILES string of the molecule is CNC(O)c1ccncc1N. The molecule has 0 amide bonds. The molecule has 0 aliphatic carbocycles. The molecule has 1 aromatic rings. The van der Waals surface area contributed by atoms with Gasteiger partial charge < -0.3 is 10.8 Å². The van der Waals surface area contributed by atoms with Gasteiger partial charge in [0.05, 0.1) is 11.9 Å².